The van der Waals surface area contributed by atoms with Crippen molar-refractivity contribution in [2.24, 2.45) is 0 Å². The monoisotopic (exact) mass is 272 g/mol. The molecule has 5 heteroatoms. The lowest BCUT2D eigenvalue weighted by Crippen LogP contribution is -2.33. The molecule has 0 aliphatic carbocycles. The van der Waals surface area contributed by atoms with Gasteiger partial charge in [0.15, 0.2) is 5.82 Å². The number of aromatic nitrogens is 2. The van der Waals surface area contributed by atoms with E-state index in [1.54, 1.807) is 0 Å². The third-order valence-corrected chi connectivity index (χ3v) is 3.23. The number of nitrogens with one attached hydrogen (secondary N) is 2. The summed E-state index contributed by atoms with van der Waals surface area (Å²) in [5.74, 6) is 0.437. The number of nitrogens with two attached hydrogens (primary N) is 1. The number of hydrogen-bond donors (Lipinski definition) is 3. The summed E-state index contributed by atoms with van der Waals surface area (Å²) < 4.78 is 0. The Morgan fingerprint density at radius 1 is 1.30 bits per heavy atom. The Labute approximate surface area is 118 Å². The van der Waals surface area contributed by atoms with Crippen LogP contribution >= 0.6 is 0 Å². The summed E-state index contributed by atoms with van der Waals surface area (Å²) in [6.07, 6.45) is 3.21. The van der Waals surface area contributed by atoms with E-state index in [1.807, 2.05) is 18.2 Å². The molecule has 1 aromatic carbocycles. The highest BCUT2D eigenvalue weighted by atomic mass is 16.1. The first-order chi connectivity index (χ1) is 9.48. The van der Waals surface area contributed by atoms with Crippen LogP contribution in [0.3, 0.4) is 0 Å². The van der Waals surface area contributed by atoms with Crippen molar-refractivity contribution in [2.45, 2.75) is 32.2 Å². The van der Waals surface area contributed by atoms with Crippen molar-refractivity contribution in [3.05, 3.63) is 52.6 Å². The van der Waals surface area contributed by atoms with Gasteiger partial charge < -0.3 is 16.0 Å². The van der Waals surface area contributed by atoms with Gasteiger partial charge >= 0.3 is 0 Å². The van der Waals surface area contributed by atoms with Crippen LogP contribution in [0.1, 0.15) is 25.8 Å². The molecule has 0 unspecified atom stereocenters. The molecule has 0 bridgehead atoms. The number of anilines is 2. The number of nitrogens with zero attached hydrogens (tertiary/aromatic N) is 1. The number of aromatic amines is 1. The normalized spacial score (nSPS) is 11.3. The number of rotatable bonds is 5. The van der Waals surface area contributed by atoms with Crippen LogP contribution in [0.5, 0.6) is 0 Å². The van der Waals surface area contributed by atoms with Gasteiger partial charge in [-0.2, -0.15) is 0 Å². The van der Waals surface area contributed by atoms with E-state index in [0.29, 0.717) is 5.82 Å². The van der Waals surface area contributed by atoms with E-state index in [9.17, 15) is 4.79 Å². The van der Waals surface area contributed by atoms with E-state index in [0.717, 1.165) is 12.8 Å². The van der Waals surface area contributed by atoms with E-state index in [1.165, 1.54) is 11.9 Å². The van der Waals surface area contributed by atoms with Crippen molar-refractivity contribution in [1.29, 1.82) is 0 Å². The molecule has 0 aliphatic rings. The van der Waals surface area contributed by atoms with Crippen LogP contribution in [-0.2, 0) is 6.42 Å². The van der Waals surface area contributed by atoms with Gasteiger partial charge in [-0.25, -0.2) is 4.98 Å². The molecule has 0 amide bonds. The quantitative estimate of drug-likeness (QED) is 0.779. The van der Waals surface area contributed by atoms with Crippen LogP contribution in [0.25, 0.3) is 0 Å². The van der Waals surface area contributed by atoms with Gasteiger partial charge in [0, 0.05) is 5.54 Å². The topological polar surface area (TPSA) is 83.8 Å². The summed E-state index contributed by atoms with van der Waals surface area (Å²) in [5.41, 5.74) is 6.62. The third-order valence-electron chi connectivity index (χ3n) is 3.23. The molecule has 0 radical (unpaired) electrons. The highest BCUT2D eigenvalue weighted by Gasteiger charge is 2.19. The smallest absolute Gasteiger partial charge is 0.276 e. The molecular weight excluding hydrogens is 252 g/mol. The minimum atomic E-state index is -0.318. The Morgan fingerprint density at radius 3 is 2.70 bits per heavy atom. The molecule has 20 heavy (non-hydrogen) atoms. The van der Waals surface area contributed by atoms with Crippen LogP contribution < -0.4 is 16.6 Å². The van der Waals surface area contributed by atoms with Gasteiger partial charge in [0.2, 0.25) is 0 Å². The molecule has 4 N–H and O–H groups in total. The maximum atomic E-state index is 11.4. The van der Waals surface area contributed by atoms with Gasteiger partial charge in [-0.05, 0) is 32.3 Å². The maximum Gasteiger partial charge on any atom is 0.276 e. The van der Waals surface area contributed by atoms with Crippen molar-refractivity contribution in [1.82, 2.24) is 9.97 Å². The van der Waals surface area contributed by atoms with Gasteiger partial charge in [-0.15, -0.1) is 0 Å². The fourth-order valence-electron chi connectivity index (χ4n) is 1.99. The lowest BCUT2D eigenvalue weighted by molar-refractivity contribution is 0.516. The average Bonchev–Trinajstić information content (AvgIpc) is 2.43. The summed E-state index contributed by atoms with van der Waals surface area (Å²) in [6, 6.07) is 10.3. The van der Waals surface area contributed by atoms with E-state index in [4.69, 9.17) is 5.73 Å². The highest BCUT2D eigenvalue weighted by molar-refractivity contribution is 5.59. The molecule has 0 atom stereocenters. The van der Waals surface area contributed by atoms with Crippen LogP contribution in [0, 0.1) is 0 Å². The number of hydrogen-bond acceptors (Lipinski definition) is 4. The van der Waals surface area contributed by atoms with Crippen LogP contribution in [0.15, 0.2) is 41.5 Å². The molecule has 0 spiro atoms. The molecule has 0 aliphatic heterocycles. The van der Waals surface area contributed by atoms with Crippen molar-refractivity contribution in [3.63, 3.8) is 0 Å². The third kappa shape index (κ3) is 3.60. The van der Waals surface area contributed by atoms with Gasteiger partial charge in [-0.1, -0.05) is 30.3 Å². The van der Waals surface area contributed by atoms with E-state index in [2.05, 4.69) is 41.3 Å². The van der Waals surface area contributed by atoms with Crippen LogP contribution in [0.4, 0.5) is 11.5 Å². The Morgan fingerprint density at radius 2 is 2.00 bits per heavy atom. The fourth-order valence-corrected chi connectivity index (χ4v) is 1.99. The van der Waals surface area contributed by atoms with E-state index >= 15 is 0 Å². The lowest BCUT2D eigenvalue weighted by Gasteiger charge is -2.27. The van der Waals surface area contributed by atoms with Crippen molar-refractivity contribution in [3.8, 4) is 0 Å². The summed E-state index contributed by atoms with van der Waals surface area (Å²) in [7, 11) is 0. The van der Waals surface area contributed by atoms with E-state index < -0.39 is 0 Å². The zero-order valence-corrected chi connectivity index (χ0v) is 11.8. The molecule has 1 aromatic heterocycles. The second-order valence-electron chi connectivity index (χ2n) is 5.49. The minimum Gasteiger partial charge on any atom is -0.391 e. The molecule has 0 saturated heterocycles. The van der Waals surface area contributed by atoms with Crippen molar-refractivity contribution < 1.29 is 0 Å². The number of nitrogen functional groups attached to an aromatic ring is 1. The largest absolute Gasteiger partial charge is 0.391 e. The molecule has 106 valence electrons. The van der Waals surface area contributed by atoms with Crippen molar-refractivity contribution >= 4 is 11.5 Å². The lowest BCUT2D eigenvalue weighted by atomic mass is 9.95. The molecule has 2 aromatic rings. The standard InChI is InChI=1S/C15H20N4O/c1-15(2,9-8-11-6-4-3-5-7-11)19-13-12(16)14(20)18-10-17-13/h3-7,10H,8-9,16H2,1-2H3,(H2,17,18,19,20). The van der Waals surface area contributed by atoms with Gasteiger partial charge in [0.1, 0.15) is 5.69 Å². The molecule has 0 fully saturated rings. The maximum absolute atomic E-state index is 11.4. The van der Waals surface area contributed by atoms with Gasteiger partial charge in [-0.3, -0.25) is 4.79 Å². The highest BCUT2D eigenvalue weighted by Crippen LogP contribution is 2.20. The summed E-state index contributed by atoms with van der Waals surface area (Å²) >= 11 is 0. The number of H-pyrrole nitrogens is 1. The first-order valence-corrected chi connectivity index (χ1v) is 6.63. The Hall–Kier alpha value is -2.30. The number of aryl methyl sites for hydroxylation is 1. The van der Waals surface area contributed by atoms with Gasteiger partial charge in [0.05, 0.1) is 6.33 Å². The Bertz CT molecular complexity index is 619. The SMILES string of the molecule is CC(C)(CCc1ccccc1)Nc1nc[nH]c(=O)c1N. The second kappa shape index (κ2) is 5.77. The number of benzene rings is 1. The first kappa shape index (κ1) is 14.1. The van der Waals surface area contributed by atoms with E-state index in [-0.39, 0.29) is 16.8 Å². The summed E-state index contributed by atoms with van der Waals surface area (Å²) in [6.45, 7) is 4.14. The van der Waals surface area contributed by atoms with Crippen LogP contribution in [0.2, 0.25) is 0 Å². The molecule has 0 saturated carbocycles. The summed E-state index contributed by atoms with van der Waals surface area (Å²) in [4.78, 5) is 18.0. The molecule has 1 heterocycles. The zero-order chi connectivity index (χ0) is 14.6. The zero-order valence-electron chi connectivity index (χ0n) is 11.8. The Kier molecular flexibility index (Phi) is 4.08. The minimum absolute atomic E-state index is 0.125. The summed E-state index contributed by atoms with van der Waals surface area (Å²) in [5, 5.41) is 3.24. The molecular formula is C15H20N4O. The fraction of sp³-hybridized carbons (Fsp3) is 0.333. The molecule has 2 rings (SSSR count). The van der Waals surface area contributed by atoms with Crippen molar-refractivity contribution in [2.75, 3.05) is 11.1 Å². The Balaban J connectivity index is 2.04. The second-order valence-corrected chi connectivity index (χ2v) is 5.49. The first-order valence-electron chi connectivity index (χ1n) is 6.63. The van der Waals surface area contributed by atoms with Crippen LogP contribution in [-0.4, -0.2) is 15.5 Å². The predicted octanol–water partition coefficient (Wildman–Crippen LogP) is 2.18. The molecule has 5 nitrogen and oxygen atoms in total. The van der Waals surface area contributed by atoms with Gasteiger partial charge in [0.25, 0.3) is 5.56 Å². The predicted molar refractivity (Wildman–Crippen MR) is 81.7 cm³/mol. The average molecular weight is 272 g/mol.